The Kier molecular flexibility index (Phi) is 3.64. The Morgan fingerprint density at radius 2 is 2.05 bits per heavy atom. The largest absolute Gasteiger partial charge is 0.508 e. The Balaban J connectivity index is 2.10. The standard InChI is InChI=1S/C16H13ClN2O2/c17-14-2-1-3-15(13(14)9-18)21-16-12-8-11(20)5-4-10(12)6-7-19-16/h1-8,20H,9,18H2. The summed E-state index contributed by atoms with van der Waals surface area (Å²) in [6.07, 6.45) is 1.65. The van der Waals surface area contributed by atoms with Gasteiger partial charge >= 0.3 is 0 Å². The van der Waals surface area contributed by atoms with Gasteiger partial charge in [-0.25, -0.2) is 4.98 Å². The van der Waals surface area contributed by atoms with Crippen molar-refractivity contribution in [1.82, 2.24) is 4.98 Å². The van der Waals surface area contributed by atoms with Crippen LogP contribution in [0.15, 0.2) is 48.7 Å². The number of hydrogen-bond acceptors (Lipinski definition) is 4. The van der Waals surface area contributed by atoms with E-state index in [1.165, 1.54) is 0 Å². The molecule has 0 aliphatic rings. The van der Waals surface area contributed by atoms with Crippen molar-refractivity contribution >= 4 is 22.4 Å². The molecule has 3 N–H and O–H groups in total. The molecule has 5 heteroatoms. The van der Waals surface area contributed by atoms with Crippen molar-refractivity contribution in [3.05, 3.63) is 59.2 Å². The smallest absolute Gasteiger partial charge is 0.227 e. The van der Waals surface area contributed by atoms with Gasteiger partial charge < -0.3 is 15.6 Å². The fraction of sp³-hybridized carbons (Fsp3) is 0.0625. The molecule has 3 aromatic rings. The van der Waals surface area contributed by atoms with Crippen LogP contribution in [-0.4, -0.2) is 10.1 Å². The molecule has 1 aromatic heterocycles. The van der Waals surface area contributed by atoms with Crippen LogP contribution in [0.2, 0.25) is 5.02 Å². The number of phenols is 1. The van der Waals surface area contributed by atoms with Gasteiger partial charge in [0.25, 0.3) is 0 Å². The van der Waals surface area contributed by atoms with E-state index in [0.29, 0.717) is 16.7 Å². The van der Waals surface area contributed by atoms with E-state index < -0.39 is 0 Å². The lowest BCUT2D eigenvalue weighted by molar-refractivity contribution is 0.461. The molecule has 4 nitrogen and oxygen atoms in total. The Labute approximate surface area is 126 Å². The normalized spacial score (nSPS) is 10.8. The SMILES string of the molecule is NCc1c(Cl)cccc1Oc1nccc2ccc(O)cc12. The molecule has 2 aromatic carbocycles. The molecule has 0 saturated heterocycles. The van der Waals surface area contributed by atoms with Crippen LogP contribution in [0.25, 0.3) is 10.8 Å². The van der Waals surface area contributed by atoms with Gasteiger partial charge in [-0.1, -0.05) is 23.7 Å². The number of nitrogens with zero attached hydrogens (tertiary/aromatic N) is 1. The predicted molar refractivity (Wildman–Crippen MR) is 82.8 cm³/mol. The van der Waals surface area contributed by atoms with Crippen LogP contribution in [-0.2, 0) is 6.54 Å². The zero-order valence-corrected chi connectivity index (χ0v) is 11.8. The van der Waals surface area contributed by atoms with Gasteiger partial charge in [0.1, 0.15) is 11.5 Å². The average molecular weight is 301 g/mol. The van der Waals surface area contributed by atoms with E-state index in [1.54, 1.807) is 42.6 Å². The van der Waals surface area contributed by atoms with Crippen molar-refractivity contribution in [3.63, 3.8) is 0 Å². The highest BCUT2D eigenvalue weighted by atomic mass is 35.5. The van der Waals surface area contributed by atoms with Gasteiger partial charge in [-0.3, -0.25) is 0 Å². The van der Waals surface area contributed by atoms with Gasteiger partial charge in [0.2, 0.25) is 5.88 Å². The highest BCUT2D eigenvalue weighted by Gasteiger charge is 2.11. The zero-order chi connectivity index (χ0) is 14.8. The summed E-state index contributed by atoms with van der Waals surface area (Å²) < 4.78 is 5.86. The zero-order valence-electron chi connectivity index (χ0n) is 11.1. The van der Waals surface area contributed by atoms with Crippen molar-refractivity contribution < 1.29 is 9.84 Å². The first-order valence-corrected chi connectivity index (χ1v) is 6.80. The first-order valence-electron chi connectivity index (χ1n) is 6.42. The third-order valence-electron chi connectivity index (χ3n) is 3.20. The number of aromatic nitrogens is 1. The predicted octanol–water partition coefficient (Wildman–Crippen LogP) is 3.84. The van der Waals surface area contributed by atoms with Crippen LogP contribution in [0.4, 0.5) is 0 Å². The lowest BCUT2D eigenvalue weighted by Gasteiger charge is -2.12. The van der Waals surface area contributed by atoms with Crippen molar-refractivity contribution in [3.8, 4) is 17.4 Å². The molecule has 0 unspecified atom stereocenters. The summed E-state index contributed by atoms with van der Waals surface area (Å²) in [7, 11) is 0. The monoisotopic (exact) mass is 300 g/mol. The number of aromatic hydroxyl groups is 1. The summed E-state index contributed by atoms with van der Waals surface area (Å²) in [5, 5.41) is 11.8. The van der Waals surface area contributed by atoms with E-state index in [0.717, 1.165) is 16.3 Å². The van der Waals surface area contributed by atoms with Gasteiger partial charge in [0.15, 0.2) is 0 Å². The van der Waals surface area contributed by atoms with E-state index in [2.05, 4.69) is 4.98 Å². The number of rotatable bonds is 3. The van der Waals surface area contributed by atoms with E-state index in [-0.39, 0.29) is 12.3 Å². The molecule has 0 bridgehead atoms. The molecule has 106 valence electrons. The van der Waals surface area contributed by atoms with Crippen LogP contribution in [0.1, 0.15) is 5.56 Å². The maximum atomic E-state index is 9.64. The molecule has 0 atom stereocenters. The van der Waals surface area contributed by atoms with Crippen LogP contribution < -0.4 is 10.5 Å². The van der Waals surface area contributed by atoms with Crippen LogP contribution in [0, 0.1) is 0 Å². The van der Waals surface area contributed by atoms with E-state index in [1.807, 2.05) is 6.07 Å². The number of pyridine rings is 1. The first kappa shape index (κ1) is 13.7. The molecule has 3 rings (SSSR count). The number of fused-ring (bicyclic) bond motifs is 1. The Bertz CT molecular complexity index is 805. The van der Waals surface area contributed by atoms with Crippen LogP contribution in [0.3, 0.4) is 0 Å². The topological polar surface area (TPSA) is 68.4 Å². The Morgan fingerprint density at radius 1 is 1.19 bits per heavy atom. The summed E-state index contributed by atoms with van der Waals surface area (Å²) in [6, 6.07) is 12.2. The van der Waals surface area contributed by atoms with Gasteiger partial charge in [-0.2, -0.15) is 0 Å². The molecule has 0 saturated carbocycles. The molecule has 0 radical (unpaired) electrons. The van der Waals surface area contributed by atoms with Crippen molar-refractivity contribution in [2.24, 2.45) is 5.73 Å². The minimum atomic E-state index is 0.158. The number of benzene rings is 2. The van der Waals surface area contributed by atoms with Gasteiger partial charge in [-0.15, -0.1) is 0 Å². The summed E-state index contributed by atoms with van der Waals surface area (Å²) >= 11 is 6.12. The highest BCUT2D eigenvalue weighted by molar-refractivity contribution is 6.31. The minimum Gasteiger partial charge on any atom is -0.508 e. The molecule has 1 heterocycles. The third-order valence-corrected chi connectivity index (χ3v) is 3.55. The summed E-state index contributed by atoms with van der Waals surface area (Å²) in [5.41, 5.74) is 6.44. The summed E-state index contributed by atoms with van der Waals surface area (Å²) in [5.74, 6) is 1.12. The van der Waals surface area contributed by atoms with Crippen LogP contribution >= 0.6 is 11.6 Å². The fourth-order valence-electron chi connectivity index (χ4n) is 2.15. The molecular formula is C16H13ClN2O2. The van der Waals surface area contributed by atoms with E-state index in [4.69, 9.17) is 22.1 Å². The number of halogens is 1. The minimum absolute atomic E-state index is 0.158. The number of phenolic OH excluding ortho intramolecular Hbond substituents is 1. The Morgan fingerprint density at radius 3 is 2.86 bits per heavy atom. The van der Waals surface area contributed by atoms with Crippen molar-refractivity contribution in [1.29, 1.82) is 0 Å². The maximum absolute atomic E-state index is 9.64. The molecule has 0 spiro atoms. The quantitative estimate of drug-likeness (QED) is 0.771. The highest BCUT2D eigenvalue weighted by Crippen LogP contribution is 2.33. The van der Waals surface area contributed by atoms with E-state index in [9.17, 15) is 5.11 Å². The van der Waals surface area contributed by atoms with Crippen molar-refractivity contribution in [2.45, 2.75) is 6.54 Å². The van der Waals surface area contributed by atoms with E-state index >= 15 is 0 Å². The molecule has 21 heavy (non-hydrogen) atoms. The second-order valence-electron chi connectivity index (χ2n) is 4.54. The number of nitrogens with two attached hydrogens (primary N) is 1. The molecule has 0 amide bonds. The first-order chi connectivity index (χ1) is 10.2. The maximum Gasteiger partial charge on any atom is 0.227 e. The lowest BCUT2D eigenvalue weighted by Crippen LogP contribution is -2.01. The average Bonchev–Trinajstić information content (AvgIpc) is 2.48. The number of hydrogen-bond donors (Lipinski definition) is 2. The number of ether oxygens (including phenoxy) is 1. The second-order valence-corrected chi connectivity index (χ2v) is 4.95. The third kappa shape index (κ3) is 2.63. The fourth-order valence-corrected chi connectivity index (χ4v) is 2.39. The Hall–Kier alpha value is -2.30. The van der Waals surface area contributed by atoms with Gasteiger partial charge in [0.05, 0.1) is 0 Å². The van der Waals surface area contributed by atoms with Gasteiger partial charge in [0, 0.05) is 28.7 Å². The molecule has 0 aliphatic heterocycles. The molecule has 0 aliphatic carbocycles. The van der Waals surface area contributed by atoms with Crippen molar-refractivity contribution in [2.75, 3.05) is 0 Å². The van der Waals surface area contributed by atoms with Gasteiger partial charge in [-0.05, 0) is 35.7 Å². The van der Waals surface area contributed by atoms with Crippen LogP contribution in [0.5, 0.6) is 17.4 Å². The summed E-state index contributed by atoms with van der Waals surface area (Å²) in [4.78, 5) is 4.23. The summed E-state index contributed by atoms with van der Waals surface area (Å²) in [6.45, 7) is 0.269. The lowest BCUT2D eigenvalue weighted by atomic mass is 10.1. The second kappa shape index (κ2) is 5.60. The molecular weight excluding hydrogens is 288 g/mol. The molecule has 0 fully saturated rings.